The van der Waals surface area contributed by atoms with Crippen molar-refractivity contribution in [3.63, 3.8) is 0 Å². The van der Waals surface area contributed by atoms with E-state index in [2.05, 4.69) is 52.5 Å². The van der Waals surface area contributed by atoms with Crippen LogP contribution in [0.25, 0.3) is 0 Å². The third kappa shape index (κ3) is 3.74. The average molecular weight is 297 g/mol. The fourth-order valence-electron chi connectivity index (χ4n) is 2.66. The largest absolute Gasteiger partial charge is 0.395 e. The molecule has 0 saturated heterocycles. The Kier molecular flexibility index (Phi) is 4.72. The Bertz CT molecular complexity index is 665. The number of fused-ring (bicyclic) bond motifs is 1. The van der Waals surface area contributed by atoms with Crippen LogP contribution in [0.1, 0.15) is 28.0 Å². The van der Waals surface area contributed by atoms with Crippen molar-refractivity contribution in [2.75, 3.05) is 13.2 Å². The van der Waals surface area contributed by atoms with E-state index in [1.807, 2.05) is 0 Å². The van der Waals surface area contributed by atoms with Crippen molar-refractivity contribution in [1.29, 1.82) is 0 Å². The smallest absolute Gasteiger partial charge is 0.0540 e. The highest BCUT2D eigenvalue weighted by atomic mass is 32.1. The van der Waals surface area contributed by atoms with E-state index in [9.17, 15) is 0 Å². The maximum atomic E-state index is 8.74. The SMILES string of the molecule is OCCC#Cc1csc(CN2CCc3ccccc3C2)c1. The Morgan fingerprint density at radius 2 is 2.10 bits per heavy atom. The van der Waals surface area contributed by atoms with Crippen LogP contribution in [0.15, 0.2) is 35.7 Å². The van der Waals surface area contributed by atoms with E-state index < -0.39 is 0 Å². The Labute approximate surface area is 130 Å². The lowest BCUT2D eigenvalue weighted by atomic mass is 10.00. The lowest BCUT2D eigenvalue weighted by molar-refractivity contribution is 0.248. The maximum absolute atomic E-state index is 8.74. The minimum Gasteiger partial charge on any atom is -0.395 e. The summed E-state index contributed by atoms with van der Waals surface area (Å²) in [7, 11) is 0. The van der Waals surface area contributed by atoms with Crippen LogP contribution in [0.2, 0.25) is 0 Å². The van der Waals surface area contributed by atoms with Gasteiger partial charge in [-0.3, -0.25) is 4.90 Å². The van der Waals surface area contributed by atoms with Crippen LogP contribution in [-0.4, -0.2) is 23.2 Å². The summed E-state index contributed by atoms with van der Waals surface area (Å²) in [6.07, 6.45) is 1.69. The zero-order valence-electron chi connectivity index (χ0n) is 12.0. The van der Waals surface area contributed by atoms with Crippen LogP contribution in [0.5, 0.6) is 0 Å². The van der Waals surface area contributed by atoms with Crippen LogP contribution >= 0.6 is 11.3 Å². The van der Waals surface area contributed by atoms with Gasteiger partial charge in [-0.15, -0.1) is 11.3 Å². The summed E-state index contributed by atoms with van der Waals surface area (Å²) in [6.45, 7) is 3.30. The Morgan fingerprint density at radius 3 is 2.95 bits per heavy atom. The second kappa shape index (κ2) is 6.91. The lowest BCUT2D eigenvalue weighted by Crippen LogP contribution is -2.29. The van der Waals surface area contributed by atoms with Crippen LogP contribution < -0.4 is 0 Å². The molecule has 2 nitrogen and oxygen atoms in total. The monoisotopic (exact) mass is 297 g/mol. The predicted octanol–water partition coefficient (Wildman–Crippen LogP) is 3.04. The van der Waals surface area contributed by atoms with Gasteiger partial charge in [0.05, 0.1) is 6.61 Å². The summed E-state index contributed by atoms with van der Waals surface area (Å²) in [6, 6.07) is 10.9. The van der Waals surface area contributed by atoms with Gasteiger partial charge >= 0.3 is 0 Å². The third-order valence-electron chi connectivity index (χ3n) is 3.71. The van der Waals surface area contributed by atoms with E-state index in [1.165, 1.54) is 16.0 Å². The van der Waals surface area contributed by atoms with Gasteiger partial charge < -0.3 is 5.11 Å². The molecule has 0 radical (unpaired) electrons. The molecular formula is C18H19NOS. The van der Waals surface area contributed by atoms with Gasteiger partial charge in [0.2, 0.25) is 0 Å². The molecule has 3 heteroatoms. The molecule has 2 aromatic rings. The summed E-state index contributed by atoms with van der Waals surface area (Å²) in [5, 5.41) is 10.8. The molecule has 0 fully saturated rings. The molecule has 21 heavy (non-hydrogen) atoms. The molecule has 0 amide bonds. The van der Waals surface area contributed by atoms with E-state index in [4.69, 9.17) is 5.11 Å². The van der Waals surface area contributed by atoms with Crippen LogP contribution in [0.4, 0.5) is 0 Å². The number of hydrogen-bond donors (Lipinski definition) is 1. The van der Waals surface area contributed by atoms with E-state index in [1.54, 1.807) is 11.3 Å². The van der Waals surface area contributed by atoms with Crippen molar-refractivity contribution in [1.82, 2.24) is 4.90 Å². The second-order valence-corrected chi connectivity index (χ2v) is 6.30. The molecule has 0 saturated carbocycles. The topological polar surface area (TPSA) is 23.5 Å². The number of hydrogen-bond acceptors (Lipinski definition) is 3. The van der Waals surface area contributed by atoms with Gasteiger partial charge in [-0.05, 0) is 23.6 Å². The minimum atomic E-state index is 0.136. The number of thiophene rings is 1. The molecule has 0 spiro atoms. The zero-order chi connectivity index (χ0) is 14.5. The van der Waals surface area contributed by atoms with Gasteiger partial charge in [-0.25, -0.2) is 0 Å². The average Bonchev–Trinajstić information content (AvgIpc) is 2.95. The summed E-state index contributed by atoms with van der Waals surface area (Å²) >= 11 is 1.78. The van der Waals surface area contributed by atoms with Crippen LogP contribution in [0.3, 0.4) is 0 Å². The lowest BCUT2D eigenvalue weighted by Gasteiger charge is -2.28. The fourth-order valence-corrected chi connectivity index (χ4v) is 3.52. The zero-order valence-corrected chi connectivity index (χ0v) is 12.8. The van der Waals surface area contributed by atoms with Crippen molar-refractivity contribution < 1.29 is 5.11 Å². The molecule has 3 rings (SSSR count). The van der Waals surface area contributed by atoms with Gasteiger partial charge in [-0.1, -0.05) is 36.1 Å². The van der Waals surface area contributed by atoms with E-state index in [0.29, 0.717) is 6.42 Å². The number of benzene rings is 1. The number of nitrogens with zero attached hydrogens (tertiary/aromatic N) is 1. The molecule has 0 bridgehead atoms. The molecule has 0 unspecified atom stereocenters. The van der Waals surface area contributed by atoms with Crippen molar-refractivity contribution in [2.45, 2.75) is 25.9 Å². The first-order valence-corrected chi connectivity index (χ1v) is 8.19. The number of aliphatic hydroxyl groups is 1. The molecule has 1 N–H and O–H groups in total. The van der Waals surface area contributed by atoms with E-state index >= 15 is 0 Å². The molecular weight excluding hydrogens is 278 g/mol. The first-order chi connectivity index (χ1) is 10.3. The predicted molar refractivity (Wildman–Crippen MR) is 87.2 cm³/mol. The highest BCUT2D eigenvalue weighted by Crippen LogP contribution is 2.22. The normalized spacial score (nSPS) is 14.3. The minimum absolute atomic E-state index is 0.136. The molecule has 2 heterocycles. The first kappa shape index (κ1) is 14.3. The quantitative estimate of drug-likeness (QED) is 0.880. The molecule has 1 aromatic carbocycles. The van der Waals surface area contributed by atoms with E-state index in [0.717, 1.165) is 31.6 Å². The molecule has 1 aromatic heterocycles. The van der Waals surface area contributed by atoms with Gasteiger partial charge in [0.1, 0.15) is 0 Å². The highest BCUT2D eigenvalue weighted by Gasteiger charge is 2.16. The molecule has 0 aliphatic carbocycles. The third-order valence-corrected chi connectivity index (χ3v) is 4.63. The van der Waals surface area contributed by atoms with Gasteiger partial charge in [0.25, 0.3) is 0 Å². The Hall–Kier alpha value is -1.60. The Morgan fingerprint density at radius 1 is 1.24 bits per heavy atom. The van der Waals surface area contributed by atoms with Crippen molar-refractivity contribution >= 4 is 11.3 Å². The highest BCUT2D eigenvalue weighted by molar-refractivity contribution is 7.10. The summed E-state index contributed by atoms with van der Waals surface area (Å²) < 4.78 is 0. The number of rotatable bonds is 3. The van der Waals surface area contributed by atoms with Crippen molar-refractivity contribution in [2.24, 2.45) is 0 Å². The fraction of sp³-hybridized carbons (Fsp3) is 0.333. The van der Waals surface area contributed by atoms with Crippen LogP contribution in [-0.2, 0) is 19.5 Å². The maximum Gasteiger partial charge on any atom is 0.0540 e. The van der Waals surface area contributed by atoms with Crippen LogP contribution in [0, 0.1) is 11.8 Å². The van der Waals surface area contributed by atoms with Gasteiger partial charge in [0.15, 0.2) is 0 Å². The van der Waals surface area contributed by atoms with Crippen molar-refractivity contribution in [3.8, 4) is 11.8 Å². The summed E-state index contributed by atoms with van der Waals surface area (Å²) in [4.78, 5) is 3.86. The molecule has 0 atom stereocenters. The first-order valence-electron chi connectivity index (χ1n) is 7.31. The Balaban J connectivity index is 1.62. The van der Waals surface area contributed by atoms with Crippen molar-refractivity contribution in [3.05, 3.63) is 57.3 Å². The van der Waals surface area contributed by atoms with Gasteiger partial charge in [-0.2, -0.15) is 0 Å². The second-order valence-electron chi connectivity index (χ2n) is 5.31. The summed E-state index contributed by atoms with van der Waals surface area (Å²) in [5.74, 6) is 6.08. The molecule has 108 valence electrons. The number of aliphatic hydroxyl groups excluding tert-OH is 1. The summed E-state index contributed by atoms with van der Waals surface area (Å²) in [5.41, 5.74) is 4.03. The molecule has 1 aliphatic rings. The standard InChI is InChI=1S/C18H19NOS/c20-10-4-3-5-15-11-18(21-14-15)13-19-9-8-16-6-1-2-7-17(16)12-19/h1-2,6-7,11,14,20H,4,8-10,12-13H2. The van der Waals surface area contributed by atoms with Gasteiger partial charge in [0, 0.05) is 41.9 Å². The molecule has 1 aliphatic heterocycles. The van der Waals surface area contributed by atoms with E-state index in [-0.39, 0.29) is 6.61 Å².